The van der Waals surface area contributed by atoms with Gasteiger partial charge in [-0.2, -0.15) is 0 Å². The summed E-state index contributed by atoms with van der Waals surface area (Å²) in [6, 6.07) is 3.95. The van der Waals surface area contributed by atoms with Gasteiger partial charge in [0.2, 0.25) is 15.9 Å². The van der Waals surface area contributed by atoms with Crippen LogP contribution in [0.5, 0.6) is 0 Å². The summed E-state index contributed by atoms with van der Waals surface area (Å²) in [6.07, 6.45) is 0.0114. The lowest BCUT2D eigenvalue weighted by Crippen LogP contribution is -2.35. The van der Waals surface area contributed by atoms with E-state index in [0.29, 0.717) is 24.3 Å². The number of rotatable bonds is 3. The summed E-state index contributed by atoms with van der Waals surface area (Å²) in [6.45, 7) is 1.67. The summed E-state index contributed by atoms with van der Waals surface area (Å²) < 4.78 is 51.9. The van der Waals surface area contributed by atoms with E-state index in [4.69, 9.17) is 0 Å². The smallest absolute Gasteiger partial charge is 0.262 e. The Balaban J connectivity index is 0.00000225. The third kappa shape index (κ3) is 4.21. The maximum absolute atomic E-state index is 13.2. The Labute approximate surface area is 151 Å². The Morgan fingerprint density at radius 3 is 2.68 bits per heavy atom. The molecule has 25 heavy (non-hydrogen) atoms. The van der Waals surface area contributed by atoms with Gasteiger partial charge in [-0.15, -0.1) is 12.4 Å². The van der Waals surface area contributed by atoms with Gasteiger partial charge in [0.05, 0.1) is 24.0 Å². The number of hydrogen-bond acceptors (Lipinski definition) is 4. The van der Waals surface area contributed by atoms with Crippen LogP contribution in [-0.4, -0.2) is 45.1 Å². The van der Waals surface area contributed by atoms with Crippen molar-refractivity contribution in [2.24, 2.45) is 0 Å². The van der Waals surface area contributed by atoms with E-state index in [0.717, 1.165) is 5.56 Å². The summed E-state index contributed by atoms with van der Waals surface area (Å²) in [4.78, 5) is 12.1. The molecule has 0 spiro atoms. The molecule has 0 bridgehead atoms. The van der Waals surface area contributed by atoms with Gasteiger partial charge < -0.3 is 5.32 Å². The quantitative estimate of drug-likeness (QED) is 0.819. The Hall–Kier alpha value is -1.45. The van der Waals surface area contributed by atoms with Crippen LogP contribution >= 0.6 is 12.4 Å². The van der Waals surface area contributed by atoms with Crippen molar-refractivity contribution >= 4 is 39.7 Å². The Morgan fingerprint density at radius 2 is 2.12 bits per heavy atom. The molecule has 2 N–H and O–H groups in total. The number of halogens is 3. The number of aryl methyl sites for hydroxylation is 1. The van der Waals surface area contributed by atoms with Crippen LogP contribution in [0.2, 0.25) is 0 Å². The van der Waals surface area contributed by atoms with Gasteiger partial charge in [0.15, 0.2) is 0 Å². The topological polar surface area (TPSA) is 78.5 Å². The second-order valence-corrected chi connectivity index (χ2v) is 8.24. The first-order chi connectivity index (χ1) is 11.2. The number of benzene rings is 1. The molecule has 1 aromatic carbocycles. The summed E-state index contributed by atoms with van der Waals surface area (Å²) in [7, 11) is -3.33. The van der Waals surface area contributed by atoms with Crippen LogP contribution in [0.1, 0.15) is 18.4 Å². The van der Waals surface area contributed by atoms with E-state index >= 15 is 0 Å². The van der Waals surface area contributed by atoms with Gasteiger partial charge in [0.25, 0.3) is 5.92 Å². The summed E-state index contributed by atoms with van der Waals surface area (Å²) in [5, 5.41) is 5.08. The van der Waals surface area contributed by atoms with E-state index in [1.807, 2.05) is 0 Å². The number of carbonyl (C=O) groups is 1. The number of carbonyl (C=O) groups excluding carboxylic acids is 1. The zero-order valence-corrected chi connectivity index (χ0v) is 15.2. The minimum Gasteiger partial charge on any atom is -0.325 e. The molecule has 0 saturated carbocycles. The Bertz CT molecular complexity index is 773. The van der Waals surface area contributed by atoms with Crippen LogP contribution < -0.4 is 14.9 Å². The normalized spacial score (nSPS) is 24.0. The molecule has 1 amide bonds. The lowest BCUT2D eigenvalue weighted by Gasteiger charge is -2.20. The first-order valence-electron chi connectivity index (χ1n) is 7.71. The van der Waals surface area contributed by atoms with Crippen molar-refractivity contribution in [3.63, 3.8) is 0 Å². The van der Waals surface area contributed by atoms with Gasteiger partial charge in [-0.05, 0) is 31.0 Å². The largest absolute Gasteiger partial charge is 0.325 e. The molecule has 140 valence electrons. The standard InChI is InChI=1S/C15H19F2N3O3S.ClH/c1-10-3-4-11(7-13(10)20-5-2-6-24(20,22)23)19-14(21)12-8-15(16,17)9-18-12;/h3-4,7,12,18H,2,5-6,8-9H2,1H3,(H,19,21);1H. The number of nitrogens with zero attached hydrogens (tertiary/aromatic N) is 1. The lowest BCUT2D eigenvalue weighted by atomic mass is 10.1. The van der Waals surface area contributed by atoms with Gasteiger partial charge >= 0.3 is 0 Å². The van der Waals surface area contributed by atoms with E-state index < -0.39 is 40.9 Å². The van der Waals surface area contributed by atoms with Crippen LogP contribution in [0.15, 0.2) is 18.2 Å². The van der Waals surface area contributed by atoms with E-state index in [1.54, 1.807) is 25.1 Å². The average molecular weight is 396 g/mol. The Morgan fingerprint density at radius 1 is 1.40 bits per heavy atom. The molecule has 1 aromatic rings. The molecule has 0 aromatic heterocycles. The van der Waals surface area contributed by atoms with Crippen molar-refractivity contribution < 1.29 is 22.0 Å². The van der Waals surface area contributed by atoms with Crippen molar-refractivity contribution in [3.05, 3.63) is 23.8 Å². The molecule has 2 saturated heterocycles. The molecule has 6 nitrogen and oxygen atoms in total. The van der Waals surface area contributed by atoms with Crippen LogP contribution in [0.4, 0.5) is 20.2 Å². The zero-order chi connectivity index (χ0) is 17.5. The number of sulfonamides is 1. The van der Waals surface area contributed by atoms with Gasteiger partial charge in [-0.3, -0.25) is 14.4 Å². The fourth-order valence-corrected chi connectivity index (χ4v) is 4.61. The number of anilines is 2. The summed E-state index contributed by atoms with van der Waals surface area (Å²) in [5.74, 6) is -3.33. The molecule has 1 unspecified atom stereocenters. The fourth-order valence-electron chi connectivity index (χ4n) is 3.00. The van der Waals surface area contributed by atoms with E-state index in [1.165, 1.54) is 4.31 Å². The monoisotopic (exact) mass is 395 g/mol. The first kappa shape index (κ1) is 19.9. The minimum absolute atomic E-state index is 0. The third-order valence-electron chi connectivity index (χ3n) is 4.27. The molecule has 3 rings (SSSR count). The first-order valence-corrected chi connectivity index (χ1v) is 9.32. The molecular weight excluding hydrogens is 376 g/mol. The maximum atomic E-state index is 13.2. The van der Waals surface area contributed by atoms with Crippen molar-refractivity contribution in [1.82, 2.24) is 5.32 Å². The van der Waals surface area contributed by atoms with Gasteiger partial charge in [0, 0.05) is 18.7 Å². The lowest BCUT2D eigenvalue weighted by molar-refractivity contribution is -0.118. The second-order valence-electron chi connectivity index (χ2n) is 6.23. The highest BCUT2D eigenvalue weighted by atomic mass is 35.5. The predicted molar refractivity (Wildman–Crippen MR) is 94.2 cm³/mol. The fraction of sp³-hybridized carbons (Fsp3) is 0.533. The van der Waals surface area contributed by atoms with Gasteiger partial charge in [-0.1, -0.05) is 6.07 Å². The second kappa shape index (κ2) is 7.05. The summed E-state index contributed by atoms with van der Waals surface area (Å²) in [5.41, 5.74) is 1.67. The predicted octanol–water partition coefficient (Wildman–Crippen LogP) is 1.89. The van der Waals surface area contributed by atoms with Crippen molar-refractivity contribution in [2.45, 2.75) is 31.7 Å². The van der Waals surface area contributed by atoms with E-state index in [2.05, 4.69) is 10.6 Å². The molecule has 1 atom stereocenters. The van der Waals surface area contributed by atoms with Gasteiger partial charge in [0.1, 0.15) is 0 Å². The van der Waals surface area contributed by atoms with Crippen molar-refractivity contribution in [2.75, 3.05) is 28.5 Å². The third-order valence-corrected chi connectivity index (χ3v) is 6.13. The van der Waals surface area contributed by atoms with E-state index in [-0.39, 0.29) is 18.2 Å². The minimum atomic E-state index is -3.33. The Kier molecular flexibility index (Phi) is 5.60. The molecule has 0 aliphatic carbocycles. The highest BCUT2D eigenvalue weighted by Crippen LogP contribution is 2.31. The van der Waals surface area contributed by atoms with Gasteiger partial charge in [-0.25, -0.2) is 17.2 Å². The van der Waals surface area contributed by atoms with Crippen LogP contribution in [0.25, 0.3) is 0 Å². The van der Waals surface area contributed by atoms with Crippen LogP contribution in [0.3, 0.4) is 0 Å². The van der Waals surface area contributed by atoms with Crippen molar-refractivity contribution in [3.8, 4) is 0 Å². The molecule has 10 heteroatoms. The number of nitrogens with one attached hydrogen (secondary N) is 2. The van der Waals surface area contributed by atoms with Crippen LogP contribution in [-0.2, 0) is 14.8 Å². The molecule has 2 heterocycles. The highest BCUT2D eigenvalue weighted by molar-refractivity contribution is 7.93. The maximum Gasteiger partial charge on any atom is 0.262 e. The molecule has 2 fully saturated rings. The van der Waals surface area contributed by atoms with Crippen molar-refractivity contribution in [1.29, 1.82) is 0 Å². The summed E-state index contributed by atoms with van der Waals surface area (Å²) >= 11 is 0. The number of amides is 1. The molecule has 0 radical (unpaired) electrons. The number of alkyl halides is 2. The molecule has 2 aliphatic rings. The van der Waals surface area contributed by atoms with Crippen LogP contribution in [0, 0.1) is 6.92 Å². The average Bonchev–Trinajstić information content (AvgIpc) is 3.02. The van der Waals surface area contributed by atoms with E-state index in [9.17, 15) is 22.0 Å². The molecular formula is C15H20ClF2N3O3S. The molecule has 2 aliphatic heterocycles. The zero-order valence-electron chi connectivity index (χ0n) is 13.6. The SMILES string of the molecule is Cc1ccc(NC(=O)C2CC(F)(F)CN2)cc1N1CCCS1(=O)=O.Cl. The highest BCUT2D eigenvalue weighted by Gasteiger charge is 2.42. The number of hydrogen-bond donors (Lipinski definition) is 2.